The van der Waals surface area contributed by atoms with Gasteiger partial charge in [0.25, 0.3) is 5.91 Å². The Morgan fingerprint density at radius 1 is 0.936 bits per heavy atom. The number of alkyl halides is 3. The predicted molar refractivity (Wildman–Crippen MR) is 178 cm³/mol. The molecule has 5 rings (SSSR count). The molecule has 1 saturated carbocycles. The van der Waals surface area contributed by atoms with Gasteiger partial charge in [0.1, 0.15) is 11.5 Å². The van der Waals surface area contributed by atoms with Crippen LogP contribution in [0.2, 0.25) is 0 Å². The highest BCUT2D eigenvalue weighted by atomic mass is 19.4. The first-order valence-electron chi connectivity index (χ1n) is 16.1. The number of anilines is 1. The van der Waals surface area contributed by atoms with Crippen LogP contribution in [-0.4, -0.2) is 34.3 Å². The molecule has 2 aliphatic carbocycles. The molecule has 0 aliphatic heterocycles. The molecule has 9 heteroatoms. The minimum Gasteiger partial charge on any atom is -0.349 e. The largest absolute Gasteiger partial charge is 0.392 e. The number of allylic oxidation sites excluding steroid dienone is 3. The average molecular weight is 649 g/mol. The molecule has 1 atom stereocenters. The molecule has 0 aromatic heterocycles. The van der Waals surface area contributed by atoms with E-state index >= 15 is 0 Å². The van der Waals surface area contributed by atoms with E-state index in [0.29, 0.717) is 0 Å². The van der Waals surface area contributed by atoms with E-state index in [1.54, 1.807) is 25.1 Å². The quantitative estimate of drug-likeness (QED) is 0.0882. The first-order chi connectivity index (χ1) is 22.5. The first-order valence-corrected chi connectivity index (χ1v) is 16.1. The van der Waals surface area contributed by atoms with Crippen molar-refractivity contribution in [2.75, 3.05) is 5.23 Å². The number of carbonyl (C=O) groups excluding carboxylic acids is 2. The van der Waals surface area contributed by atoms with Gasteiger partial charge in [0, 0.05) is 6.04 Å². The topological polar surface area (TPSA) is 89.9 Å². The summed E-state index contributed by atoms with van der Waals surface area (Å²) < 4.78 is 33.0. The summed E-state index contributed by atoms with van der Waals surface area (Å²) in [5, 5.41) is 21.9. The molecule has 0 radical (unpaired) electrons. The lowest BCUT2D eigenvalue weighted by atomic mass is 9.71. The van der Waals surface area contributed by atoms with Crippen LogP contribution in [0.25, 0.3) is 11.1 Å². The molecule has 0 bridgehead atoms. The molecule has 1 unspecified atom stereocenters. The third kappa shape index (κ3) is 8.78. The standard InChI is InChI=1S/C34H38N2O4.C4H5F3/c1-24(37)34(30-18-7-4-15-27(30)28-16-5-8-19-31(28)34)23-10-2-3-12-25-13-11-14-26(22-21-25)35-33(38)29-17-6-9-20-32(29)36(39)40;1-2-3-4(5,6)7/h4-9,12,15-20,26,39-40H,2-3,10-11,13-14,21-23H2,1H3,(H,35,38);2H,1,3H2. The van der Waals surface area contributed by atoms with Crippen LogP contribution in [0.3, 0.4) is 0 Å². The van der Waals surface area contributed by atoms with Crippen LogP contribution in [0.1, 0.15) is 92.6 Å². The fourth-order valence-corrected chi connectivity index (χ4v) is 6.81. The molecule has 0 saturated heterocycles. The maximum Gasteiger partial charge on any atom is 0.392 e. The van der Waals surface area contributed by atoms with Crippen molar-refractivity contribution in [3.8, 4) is 11.1 Å². The highest BCUT2D eigenvalue weighted by Gasteiger charge is 2.46. The number of hydrogen-bond acceptors (Lipinski definition) is 5. The van der Waals surface area contributed by atoms with E-state index in [0.717, 1.165) is 75.0 Å². The van der Waals surface area contributed by atoms with Crippen molar-refractivity contribution < 1.29 is 33.2 Å². The van der Waals surface area contributed by atoms with Crippen molar-refractivity contribution in [3.05, 3.63) is 114 Å². The van der Waals surface area contributed by atoms with Gasteiger partial charge in [0.05, 0.1) is 17.4 Å². The second kappa shape index (κ2) is 16.1. The van der Waals surface area contributed by atoms with Gasteiger partial charge >= 0.3 is 6.18 Å². The maximum absolute atomic E-state index is 13.2. The SMILES string of the molecule is C=CCC(F)(F)F.CC(=O)C1(CCCCC=C2CCCC(NC(=O)c3ccccc3N(O)O)CC2)c2ccccc2-c2ccccc21. The molecular formula is C38H43F3N2O4. The number of Topliss-reactive ketones (excluding diaryl/α,β-unsaturated/α-hetero) is 1. The Labute approximate surface area is 274 Å². The molecule has 47 heavy (non-hydrogen) atoms. The number of benzene rings is 3. The van der Waals surface area contributed by atoms with E-state index in [2.05, 4.69) is 54.4 Å². The van der Waals surface area contributed by atoms with E-state index in [9.17, 15) is 33.2 Å². The normalized spacial score (nSPS) is 17.4. The number of carbonyl (C=O) groups is 2. The molecule has 3 aromatic rings. The van der Waals surface area contributed by atoms with Gasteiger partial charge in [-0.25, -0.2) is 0 Å². The Balaban J connectivity index is 0.000000644. The number of nitrogens with zero attached hydrogens (tertiary/aromatic N) is 1. The highest BCUT2D eigenvalue weighted by molar-refractivity contribution is 6.01. The Bertz CT molecular complexity index is 1540. The minimum absolute atomic E-state index is 0.00860. The molecule has 1 fully saturated rings. The van der Waals surface area contributed by atoms with Crippen LogP contribution < -0.4 is 10.5 Å². The molecule has 0 heterocycles. The smallest absolute Gasteiger partial charge is 0.349 e. The van der Waals surface area contributed by atoms with Gasteiger partial charge in [0.15, 0.2) is 0 Å². The van der Waals surface area contributed by atoms with Crippen molar-refractivity contribution >= 4 is 17.4 Å². The Kier molecular flexibility index (Phi) is 12.2. The number of unbranched alkanes of at least 4 members (excludes halogenated alkanes) is 2. The third-order valence-corrected chi connectivity index (χ3v) is 9.04. The lowest BCUT2D eigenvalue weighted by Gasteiger charge is -2.29. The maximum atomic E-state index is 13.2. The fraction of sp³-hybridized carbons (Fsp3) is 0.368. The Morgan fingerprint density at radius 3 is 2.13 bits per heavy atom. The van der Waals surface area contributed by atoms with Crippen molar-refractivity contribution in [3.63, 3.8) is 0 Å². The van der Waals surface area contributed by atoms with E-state index in [4.69, 9.17) is 0 Å². The lowest BCUT2D eigenvalue weighted by Crippen LogP contribution is -2.35. The number of ketones is 1. The molecule has 1 amide bonds. The molecule has 0 spiro atoms. The molecule has 6 nitrogen and oxygen atoms in total. The van der Waals surface area contributed by atoms with E-state index in [1.807, 2.05) is 12.1 Å². The number of nitrogens with one attached hydrogen (secondary N) is 1. The van der Waals surface area contributed by atoms with Crippen LogP contribution in [0.15, 0.2) is 97.1 Å². The van der Waals surface area contributed by atoms with Gasteiger partial charge in [0.2, 0.25) is 0 Å². The lowest BCUT2D eigenvalue weighted by molar-refractivity contribution is -0.125. The number of amides is 1. The molecular weight excluding hydrogens is 605 g/mol. The van der Waals surface area contributed by atoms with Crippen molar-refractivity contribution in [1.29, 1.82) is 0 Å². The predicted octanol–water partition coefficient (Wildman–Crippen LogP) is 9.50. The monoisotopic (exact) mass is 648 g/mol. The van der Waals surface area contributed by atoms with Gasteiger partial charge in [-0.3, -0.25) is 20.0 Å². The van der Waals surface area contributed by atoms with Crippen LogP contribution in [0.5, 0.6) is 0 Å². The minimum atomic E-state index is -4.07. The second-order valence-electron chi connectivity index (χ2n) is 12.2. The van der Waals surface area contributed by atoms with Gasteiger partial charge in [-0.1, -0.05) is 84.8 Å². The highest BCUT2D eigenvalue weighted by Crippen LogP contribution is 2.51. The zero-order chi connectivity index (χ0) is 34.0. The second-order valence-corrected chi connectivity index (χ2v) is 12.2. The zero-order valence-corrected chi connectivity index (χ0v) is 26.7. The van der Waals surface area contributed by atoms with Crippen LogP contribution in [-0.2, 0) is 10.2 Å². The number of halogens is 3. The van der Waals surface area contributed by atoms with Crippen LogP contribution in [0, 0.1) is 0 Å². The van der Waals surface area contributed by atoms with Gasteiger partial charge < -0.3 is 5.32 Å². The first kappa shape index (κ1) is 35.6. The Hall–Kier alpha value is -4.21. The Morgan fingerprint density at radius 2 is 1.55 bits per heavy atom. The number of para-hydroxylation sites is 1. The van der Waals surface area contributed by atoms with Gasteiger partial charge in [-0.15, -0.1) is 11.8 Å². The molecule has 3 aromatic carbocycles. The summed E-state index contributed by atoms with van der Waals surface area (Å²) in [5.41, 5.74) is 5.84. The van der Waals surface area contributed by atoms with Gasteiger partial charge in [-0.05, 0) is 92.7 Å². The van der Waals surface area contributed by atoms with Gasteiger partial charge in [-0.2, -0.15) is 13.2 Å². The van der Waals surface area contributed by atoms with E-state index < -0.39 is 18.0 Å². The summed E-state index contributed by atoms with van der Waals surface area (Å²) in [6.07, 6.45) is 6.77. The number of hydrogen-bond donors (Lipinski definition) is 3. The van der Waals surface area contributed by atoms with E-state index in [1.165, 1.54) is 22.8 Å². The zero-order valence-electron chi connectivity index (χ0n) is 26.7. The van der Waals surface area contributed by atoms with Crippen molar-refractivity contribution in [1.82, 2.24) is 5.32 Å². The molecule has 3 N–H and O–H groups in total. The third-order valence-electron chi connectivity index (χ3n) is 9.04. The van der Waals surface area contributed by atoms with Crippen LogP contribution >= 0.6 is 0 Å². The summed E-state index contributed by atoms with van der Waals surface area (Å²) in [6, 6.07) is 23.2. The molecule has 250 valence electrons. The number of fused-ring (bicyclic) bond motifs is 3. The number of rotatable bonds is 10. The van der Waals surface area contributed by atoms with Crippen LogP contribution in [0.4, 0.5) is 18.9 Å². The summed E-state index contributed by atoms with van der Waals surface area (Å²) in [7, 11) is 0. The van der Waals surface area contributed by atoms with Crippen molar-refractivity contribution in [2.24, 2.45) is 0 Å². The summed E-state index contributed by atoms with van der Waals surface area (Å²) >= 11 is 0. The summed E-state index contributed by atoms with van der Waals surface area (Å²) in [5.74, 6) is -0.0796. The summed E-state index contributed by atoms with van der Waals surface area (Å²) in [4.78, 5) is 26.0. The molecule has 2 aliphatic rings. The average Bonchev–Trinajstić information content (AvgIpc) is 3.14. The van der Waals surface area contributed by atoms with Crippen molar-refractivity contribution in [2.45, 2.75) is 88.8 Å². The summed E-state index contributed by atoms with van der Waals surface area (Å²) in [6.45, 7) is 4.67. The fourth-order valence-electron chi connectivity index (χ4n) is 6.81. The van der Waals surface area contributed by atoms with E-state index in [-0.39, 0.29) is 34.2 Å².